The van der Waals surface area contributed by atoms with Crippen LogP contribution in [0.4, 0.5) is 0 Å². The Morgan fingerprint density at radius 2 is 1.16 bits per heavy atom. The van der Waals surface area contributed by atoms with E-state index in [1.807, 2.05) is 6.07 Å². The van der Waals surface area contributed by atoms with Crippen molar-refractivity contribution in [3.8, 4) is 0 Å². The molecule has 4 radical (unpaired) electrons. The number of hydrogen-bond donors (Lipinski definition) is 0. The Morgan fingerprint density at radius 1 is 0.719 bits per heavy atom. The summed E-state index contributed by atoms with van der Waals surface area (Å²) in [6.07, 6.45) is 6.44. The molecule has 0 saturated heterocycles. The molecule has 0 atom stereocenters. The van der Waals surface area contributed by atoms with Crippen LogP contribution >= 0.6 is 0 Å². The minimum absolute atomic E-state index is 0. The minimum Gasteiger partial charge on any atom is -1.00 e. The van der Waals surface area contributed by atoms with Crippen molar-refractivity contribution < 1.29 is 51.3 Å². The second kappa shape index (κ2) is 15.8. The second-order valence-electron chi connectivity index (χ2n) is 6.20. The summed E-state index contributed by atoms with van der Waals surface area (Å²) >= 11 is 0. The van der Waals surface area contributed by atoms with Crippen LogP contribution in [-0.2, 0) is 28.1 Å². The fraction of sp³-hybridized carbons (Fsp3) is 0.0385. The van der Waals surface area contributed by atoms with Crippen molar-refractivity contribution in [3.63, 3.8) is 0 Å². The van der Waals surface area contributed by atoms with Crippen LogP contribution in [0.25, 0.3) is 33.4 Å². The second-order valence-corrected chi connectivity index (χ2v) is 6.20. The van der Waals surface area contributed by atoms with E-state index in [4.69, 9.17) is 5.73 Å². The van der Waals surface area contributed by atoms with E-state index in [0.29, 0.717) is 5.56 Å². The first-order valence-electron chi connectivity index (χ1n) is 8.55. The number of nitrogens with one attached hydrogen (secondary N) is 1. The third kappa shape index (κ3) is 7.06. The number of benzene rings is 4. The molecule has 0 bridgehead atoms. The fourth-order valence-electron chi connectivity index (χ4n) is 3.44. The smallest absolute Gasteiger partial charge is 1.00 e. The summed E-state index contributed by atoms with van der Waals surface area (Å²) in [4.78, 5) is 10.3. The molecule has 4 aromatic carbocycles. The average molecular weight is 512 g/mol. The number of allylic oxidation sites excluding steroid dienone is 1. The van der Waals surface area contributed by atoms with Gasteiger partial charge in [-0.05, 0) is 21.7 Å². The predicted octanol–water partition coefficient (Wildman–Crippen LogP) is 0.770. The van der Waals surface area contributed by atoms with Gasteiger partial charge in [0.1, 0.15) is 0 Å². The molecule has 0 heterocycles. The van der Waals surface area contributed by atoms with E-state index in [-0.39, 0.29) is 72.4 Å². The Kier molecular flexibility index (Phi) is 17.2. The van der Waals surface area contributed by atoms with Crippen LogP contribution in [0.2, 0.25) is 0 Å². The van der Waals surface area contributed by atoms with Crippen molar-refractivity contribution in [2.75, 3.05) is 0 Å². The molecule has 6 heteroatoms. The van der Waals surface area contributed by atoms with E-state index >= 15 is 0 Å². The van der Waals surface area contributed by atoms with Crippen LogP contribution in [0.15, 0.2) is 78.9 Å². The number of fused-ring (bicyclic) bond motifs is 6. The number of carbonyl (C=O) groups is 1. The molecular formula is C26H23Cl2NOSiTi-4. The molecular weight excluding hydrogens is 489 g/mol. The summed E-state index contributed by atoms with van der Waals surface area (Å²) in [5, 5.41) is 5.44. The zero-order chi connectivity index (χ0) is 17.9. The third-order valence-electron chi connectivity index (χ3n) is 4.65. The predicted molar refractivity (Wildman–Crippen MR) is 127 cm³/mol. The number of hydrogen-bond acceptors (Lipinski definition) is 1. The molecule has 0 fully saturated rings. The van der Waals surface area contributed by atoms with Crippen LogP contribution < -0.4 is 24.8 Å². The van der Waals surface area contributed by atoms with Gasteiger partial charge in [-0.25, -0.2) is 6.08 Å². The van der Waals surface area contributed by atoms with Gasteiger partial charge in [-0.3, -0.25) is 6.08 Å². The molecule has 1 amide bonds. The van der Waals surface area contributed by atoms with Gasteiger partial charge in [0.25, 0.3) is 0 Å². The van der Waals surface area contributed by atoms with E-state index in [1.54, 1.807) is 24.3 Å². The van der Waals surface area contributed by atoms with Gasteiger partial charge in [0.05, 0.1) is 5.91 Å². The molecule has 0 unspecified atom stereocenters. The molecule has 5 rings (SSSR count). The maximum Gasteiger partial charge on any atom is 2.00 e. The van der Waals surface area contributed by atoms with E-state index < -0.39 is 5.91 Å². The zero-order valence-corrected chi connectivity index (χ0v) is 22.0. The van der Waals surface area contributed by atoms with E-state index in [1.165, 1.54) is 32.7 Å². The van der Waals surface area contributed by atoms with Gasteiger partial charge in [-0.1, -0.05) is 84.2 Å². The maximum absolute atomic E-state index is 10.3. The quantitative estimate of drug-likeness (QED) is 0.211. The Morgan fingerprint density at radius 3 is 1.66 bits per heavy atom. The van der Waals surface area contributed by atoms with Crippen molar-refractivity contribution in [2.45, 2.75) is 6.42 Å². The third-order valence-corrected chi connectivity index (χ3v) is 4.65. The van der Waals surface area contributed by atoms with Crippen molar-refractivity contribution in [2.24, 2.45) is 0 Å². The number of halogens is 2. The van der Waals surface area contributed by atoms with Crippen LogP contribution in [0.1, 0.15) is 21.5 Å². The van der Waals surface area contributed by atoms with Crippen molar-refractivity contribution >= 4 is 44.5 Å². The Balaban J connectivity index is -0.000000500. The van der Waals surface area contributed by atoms with E-state index in [9.17, 15) is 4.79 Å². The molecule has 0 aromatic heterocycles. The number of amides is 1. The Hall–Kier alpha value is -1.88. The van der Waals surface area contributed by atoms with Crippen molar-refractivity contribution in [1.82, 2.24) is 0 Å². The summed E-state index contributed by atoms with van der Waals surface area (Å²) in [6.45, 7) is 0. The molecule has 0 spiro atoms. The normalized spacial score (nSPS) is 9.62. The van der Waals surface area contributed by atoms with E-state index in [0.717, 1.165) is 6.42 Å². The van der Waals surface area contributed by atoms with Gasteiger partial charge >= 0.3 is 21.7 Å². The van der Waals surface area contributed by atoms with Gasteiger partial charge in [0.15, 0.2) is 0 Å². The van der Waals surface area contributed by atoms with E-state index in [2.05, 4.69) is 60.7 Å². The Labute approximate surface area is 223 Å². The van der Waals surface area contributed by atoms with Crippen LogP contribution in [-0.4, -0.2) is 16.9 Å². The maximum atomic E-state index is 10.3. The standard InChI is InChI=1S/C17H11.C7H7NO.2CH3.2ClH.Si.Ti/c1-3-8-14-12(6-1)13-7-2-4-9-15(13)17-11-5-10-16(14)17;8-7(9)6-4-2-1-3-5-6;;;;;;/h1-4,6-10H,11H2;1-5H,(H2,8,9);2*1H3;2*1H;;/q-1;;2*-1;;;;+2/p-3. The minimum atomic E-state index is -0.629. The van der Waals surface area contributed by atoms with Crippen LogP contribution in [0.5, 0.6) is 0 Å². The van der Waals surface area contributed by atoms with Gasteiger partial charge in [0, 0.05) is 11.0 Å². The molecule has 1 aliphatic rings. The zero-order valence-electron chi connectivity index (χ0n) is 18.0. The van der Waals surface area contributed by atoms with Crippen molar-refractivity contribution in [1.29, 1.82) is 0 Å². The molecule has 2 nitrogen and oxygen atoms in total. The van der Waals surface area contributed by atoms with Crippen molar-refractivity contribution in [3.05, 3.63) is 122 Å². The SMILES string of the molecule is [C-]1=Cc2c(c3ccccc3c3ccccc23)C1.[CH3-].[CH3-].[Cl-].[Cl-].[NH-]C(=O)c1ccccc1.[Si].[Ti+2]. The summed E-state index contributed by atoms with van der Waals surface area (Å²) in [5.74, 6) is -0.629. The Bertz CT molecular complexity index is 1150. The average Bonchev–Trinajstić information content (AvgIpc) is 3.20. The summed E-state index contributed by atoms with van der Waals surface area (Å²) in [6, 6.07) is 25.9. The molecule has 4 aromatic rings. The largest absolute Gasteiger partial charge is 2.00 e. The van der Waals surface area contributed by atoms with Gasteiger partial charge in [-0.15, -0.1) is 12.0 Å². The summed E-state index contributed by atoms with van der Waals surface area (Å²) in [5.41, 5.74) is 9.91. The summed E-state index contributed by atoms with van der Waals surface area (Å²) in [7, 11) is 0. The van der Waals surface area contributed by atoms with Gasteiger partial charge in [0.2, 0.25) is 0 Å². The first kappa shape index (κ1) is 34.7. The fourth-order valence-corrected chi connectivity index (χ4v) is 3.44. The molecule has 0 aliphatic heterocycles. The topological polar surface area (TPSA) is 40.9 Å². The molecule has 164 valence electrons. The van der Waals surface area contributed by atoms with Crippen LogP contribution in [0.3, 0.4) is 0 Å². The molecule has 32 heavy (non-hydrogen) atoms. The van der Waals surface area contributed by atoms with Crippen LogP contribution in [0, 0.1) is 20.9 Å². The summed E-state index contributed by atoms with van der Waals surface area (Å²) < 4.78 is 0. The molecule has 1 aliphatic carbocycles. The van der Waals surface area contributed by atoms with Gasteiger partial charge < -0.3 is 50.2 Å². The van der Waals surface area contributed by atoms with Gasteiger partial charge in [-0.2, -0.15) is 5.56 Å². The monoisotopic (exact) mass is 511 g/mol. The molecule has 0 saturated carbocycles. The molecule has 1 N–H and O–H groups in total. The first-order valence-corrected chi connectivity index (χ1v) is 8.55. The first-order chi connectivity index (χ1) is 12.8. The number of rotatable bonds is 1. The number of carbonyl (C=O) groups excluding carboxylic acids is 1.